The zero-order chi connectivity index (χ0) is 14.4. The summed E-state index contributed by atoms with van der Waals surface area (Å²) < 4.78 is 5.54. The Hall–Kier alpha value is -1.85. The molecule has 0 spiro atoms. The number of carbonyl (C=O) groups is 1. The Labute approximate surface area is 114 Å². The first-order chi connectivity index (χ1) is 8.88. The fraction of sp³-hybridized carbons (Fsp3) is 0.615. The van der Waals surface area contributed by atoms with Crippen LogP contribution in [0.5, 0.6) is 5.88 Å². The van der Waals surface area contributed by atoms with Crippen molar-refractivity contribution < 1.29 is 9.53 Å². The Morgan fingerprint density at radius 2 is 2.11 bits per heavy atom. The minimum absolute atomic E-state index is 0.0671. The van der Waals surface area contributed by atoms with Gasteiger partial charge in [-0.3, -0.25) is 4.79 Å². The number of rotatable bonds is 6. The number of amides is 1. The number of ether oxygens (including phenoxy) is 1. The predicted molar refractivity (Wildman–Crippen MR) is 74.3 cm³/mol. The highest BCUT2D eigenvalue weighted by Crippen LogP contribution is 2.13. The summed E-state index contributed by atoms with van der Waals surface area (Å²) in [5.41, 5.74) is 0.826. The quantitative estimate of drug-likeness (QED) is 0.844. The van der Waals surface area contributed by atoms with Gasteiger partial charge in [-0.15, -0.1) is 0 Å². The van der Waals surface area contributed by atoms with Gasteiger partial charge in [0.05, 0.1) is 6.10 Å². The van der Waals surface area contributed by atoms with Crippen LogP contribution < -0.4 is 10.1 Å². The molecule has 6 heteroatoms. The molecular formula is C13H22N4O2. The molecule has 1 N–H and O–H groups in total. The fourth-order valence-electron chi connectivity index (χ4n) is 1.43. The van der Waals surface area contributed by atoms with Crippen LogP contribution >= 0.6 is 0 Å². The topological polar surface area (TPSA) is 67.3 Å². The predicted octanol–water partition coefficient (Wildman–Crippen LogP) is 1.46. The van der Waals surface area contributed by atoms with Crippen molar-refractivity contribution in [2.75, 3.05) is 26.0 Å². The van der Waals surface area contributed by atoms with Crippen LogP contribution in [0.4, 0.5) is 5.95 Å². The van der Waals surface area contributed by atoms with E-state index in [9.17, 15) is 4.79 Å². The van der Waals surface area contributed by atoms with Crippen LogP contribution in [0.15, 0.2) is 6.07 Å². The largest absolute Gasteiger partial charge is 0.475 e. The van der Waals surface area contributed by atoms with Gasteiger partial charge < -0.3 is 15.0 Å². The summed E-state index contributed by atoms with van der Waals surface area (Å²) in [5, 5.41) is 3.04. The first-order valence-electron chi connectivity index (χ1n) is 6.35. The third kappa shape index (κ3) is 5.54. The molecule has 0 aliphatic rings. The monoisotopic (exact) mass is 266 g/mol. The maximum atomic E-state index is 11.4. The Kier molecular flexibility index (Phi) is 5.54. The van der Waals surface area contributed by atoms with Crippen molar-refractivity contribution in [3.05, 3.63) is 11.8 Å². The number of nitrogens with zero attached hydrogens (tertiary/aromatic N) is 3. The van der Waals surface area contributed by atoms with Gasteiger partial charge in [0.15, 0.2) is 0 Å². The van der Waals surface area contributed by atoms with E-state index >= 15 is 0 Å². The maximum Gasteiger partial charge on any atom is 0.226 e. The van der Waals surface area contributed by atoms with Crippen LogP contribution in [-0.2, 0) is 4.79 Å². The molecule has 0 fully saturated rings. The van der Waals surface area contributed by atoms with Crippen LogP contribution in [0.1, 0.15) is 26.0 Å². The van der Waals surface area contributed by atoms with E-state index in [1.54, 1.807) is 25.1 Å². The van der Waals surface area contributed by atoms with Gasteiger partial charge in [-0.2, -0.15) is 4.98 Å². The lowest BCUT2D eigenvalue weighted by Gasteiger charge is -2.12. The van der Waals surface area contributed by atoms with Gasteiger partial charge in [0.1, 0.15) is 0 Å². The lowest BCUT2D eigenvalue weighted by molar-refractivity contribution is -0.128. The van der Waals surface area contributed by atoms with Crippen LogP contribution in [-0.4, -0.2) is 47.5 Å². The zero-order valence-corrected chi connectivity index (χ0v) is 12.2. The van der Waals surface area contributed by atoms with E-state index in [2.05, 4.69) is 15.3 Å². The highest BCUT2D eigenvalue weighted by molar-refractivity contribution is 5.75. The van der Waals surface area contributed by atoms with E-state index < -0.39 is 0 Å². The molecule has 0 atom stereocenters. The fourth-order valence-corrected chi connectivity index (χ4v) is 1.43. The van der Waals surface area contributed by atoms with Crippen molar-refractivity contribution >= 4 is 11.9 Å². The molecule has 1 aromatic rings. The third-order valence-corrected chi connectivity index (χ3v) is 2.31. The molecule has 1 aromatic heterocycles. The summed E-state index contributed by atoms with van der Waals surface area (Å²) >= 11 is 0. The molecule has 106 valence electrons. The molecule has 0 bridgehead atoms. The molecule has 0 radical (unpaired) electrons. The van der Waals surface area contributed by atoms with Crippen molar-refractivity contribution in [1.29, 1.82) is 0 Å². The second-order valence-electron chi connectivity index (χ2n) is 4.80. The van der Waals surface area contributed by atoms with E-state index in [1.165, 1.54) is 0 Å². The Balaban J connectivity index is 2.58. The molecule has 0 saturated heterocycles. The number of aromatic nitrogens is 2. The summed E-state index contributed by atoms with van der Waals surface area (Å²) in [6, 6.07) is 1.79. The number of aryl methyl sites for hydroxylation is 1. The molecule has 1 heterocycles. The van der Waals surface area contributed by atoms with Crippen LogP contribution in [0.2, 0.25) is 0 Å². The molecule has 0 unspecified atom stereocenters. The maximum absolute atomic E-state index is 11.4. The number of hydrogen-bond donors (Lipinski definition) is 1. The van der Waals surface area contributed by atoms with E-state index in [1.807, 2.05) is 20.8 Å². The molecule has 19 heavy (non-hydrogen) atoms. The molecule has 1 amide bonds. The number of carbonyl (C=O) groups excluding carboxylic acids is 1. The zero-order valence-electron chi connectivity index (χ0n) is 12.2. The highest BCUT2D eigenvalue weighted by Gasteiger charge is 2.07. The number of nitrogens with one attached hydrogen (secondary N) is 1. The molecule has 0 aromatic carbocycles. The van der Waals surface area contributed by atoms with E-state index in [-0.39, 0.29) is 12.0 Å². The second-order valence-corrected chi connectivity index (χ2v) is 4.80. The van der Waals surface area contributed by atoms with E-state index in [0.717, 1.165) is 5.69 Å². The minimum Gasteiger partial charge on any atom is -0.475 e. The summed E-state index contributed by atoms with van der Waals surface area (Å²) in [4.78, 5) is 21.5. The average molecular weight is 266 g/mol. The number of hydrogen-bond acceptors (Lipinski definition) is 5. The van der Waals surface area contributed by atoms with Crippen molar-refractivity contribution in [2.45, 2.75) is 33.3 Å². The summed E-state index contributed by atoms with van der Waals surface area (Å²) in [5.74, 6) is 1.10. The number of anilines is 1. The Bertz CT molecular complexity index is 433. The van der Waals surface area contributed by atoms with Crippen molar-refractivity contribution in [2.24, 2.45) is 0 Å². The molecule has 1 rings (SSSR count). The van der Waals surface area contributed by atoms with Crippen molar-refractivity contribution in [3.63, 3.8) is 0 Å². The SMILES string of the molecule is Cc1cc(OC(C)C)nc(NCCC(=O)N(C)C)n1. The van der Waals surface area contributed by atoms with Gasteiger partial charge >= 0.3 is 0 Å². The lowest BCUT2D eigenvalue weighted by atomic mass is 10.4. The molecule has 0 aliphatic carbocycles. The van der Waals surface area contributed by atoms with Crippen LogP contribution in [0.25, 0.3) is 0 Å². The van der Waals surface area contributed by atoms with E-state index in [0.29, 0.717) is 24.8 Å². The first kappa shape index (κ1) is 15.2. The molecule has 6 nitrogen and oxygen atoms in total. The standard InChI is InChI=1S/C13H22N4O2/c1-9(2)19-11-8-10(3)15-13(16-11)14-7-6-12(18)17(4)5/h8-9H,6-7H2,1-5H3,(H,14,15,16). The van der Waals surface area contributed by atoms with Crippen LogP contribution in [0.3, 0.4) is 0 Å². The summed E-state index contributed by atoms with van der Waals surface area (Å²) in [6.45, 7) is 6.27. The molecule has 0 aliphatic heterocycles. The Morgan fingerprint density at radius 1 is 1.42 bits per heavy atom. The van der Waals surface area contributed by atoms with Gasteiger partial charge in [-0.05, 0) is 20.8 Å². The third-order valence-electron chi connectivity index (χ3n) is 2.31. The van der Waals surface area contributed by atoms with Gasteiger partial charge in [-0.25, -0.2) is 4.98 Å². The first-order valence-corrected chi connectivity index (χ1v) is 6.35. The highest BCUT2D eigenvalue weighted by atomic mass is 16.5. The van der Waals surface area contributed by atoms with Crippen molar-refractivity contribution in [1.82, 2.24) is 14.9 Å². The van der Waals surface area contributed by atoms with Gasteiger partial charge in [-0.1, -0.05) is 0 Å². The summed E-state index contributed by atoms with van der Waals surface area (Å²) in [7, 11) is 3.47. The normalized spacial score (nSPS) is 10.4. The average Bonchev–Trinajstić information content (AvgIpc) is 2.26. The Morgan fingerprint density at radius 3 is 2.68 bits per heavy atom. The van der Waals surface area contributed by atoms with Gasteiger partial charge in [0.25, 0.3) is 0 Å². The van der Waals surface area contributed by atoms with Crippen LogP contribution in [0, 0.1) is 6.92 Å². The molecule has 0 saturated carbocycles. The van der Waals surface area contributed by atoms with Gasteiger partial charge in [0, 0.05) is 38.8 Å². The van der Waals surface area contributed by atoms with E-state index in [4.69, 9.17) is 4.74 Å². The van der Waals surface area contributed by atoms with Gasteiger partial charge in [0.2, 0.25) is 17.7 Å². The molecular weight excluding hydrogens is 244 g/mol. The minimum atomic E-state index is 0.0671. The smallest absolute Gasteiger partial charge is 0.226 e. The summed E-state index contributed by atoms with van der Waals surface area (Å²) in [6.07, 6.45) is 0.475. The second kappa shape index (κ2) is 6.92. The van der Waals surface area contributed by atoms with Crippen molar-refractivity contribution in [3.8, 4) is 5.88 Å². The lowest BCUT2D eigenvalue weighted by Crippen LogP contribution is -2.24.